The minimum Gasteiger partial charge on any atom is -0.326 e. The van der Waals surface area contributed by atoms with Gasteiger partial charge in [-0.15, -0.1) is 0 Å². The van der Waals surface area contributed by atoms with Crippen LogP contribution >= 0.6 is 0 Å². The van der Waals surface area contributed by atoms with Crippen LogP contribution in [0.4, 0.5) is 11.4 Å². The van der Waals surface area contributed by atoms with E-state index in [1.807, 2.05) is 39.0 Å². The largest absolute Gasteiger partial charge is 0.326 e. The number of benzene rings is 1. The van der Waals surface area contributed by atoms with Crippen LogP contribution < -0.4 is 10.6 Å². The maximum absolute atomic E-state index is 12.4. The minimum absolute atomic E-state index is 0.00151. The van der Waals surface area contributed by atoms with E-state index >= 15 is 0 Å². The Hall–Kier alpha value is -1.92. The molecule has 0 radical (unpaired) electrons. The standard InChI is InChI=1S/C20H32N4O2/c1-14(2)11-19(25)21-17-7-6-8-18(15(17)3)22-20(26)13-24-10-9-16(12-24)23(4)5/h6-8,14,16H,9-13H2,1-5H3,(H,21,25)(H,22,26). The fourth-order valence-corrected chi connectivity index (χ4v) is 3.25. The maximum atomic E-state index is 12.4. The van der Waals surface area contributed by atoms with Crippen LogP contribution in [0, 0.1) is 12.8 Å². The average molecular weight is 361 g/mol. The van der Waals surface area contributed by atoms with Gasteiger partial charge in [0.05, 0.1) is 6.54 Å². The van der Waals surface area contributed by atoms with Gasteiger partial charge in [-0.25, -0.2) is 0 Å². The second kappa shape index (κ2) is 9.14. The Morgan fingerprint density at radius 2 is 1.81 bits per heavy atom. The molecule has 1 aliphatic rings. The van der Waals surface area contributed by atoms with Crippen LogP contribution in [0.2, 0.25) is 0 Å². The summed E-state index contributed by atoms with van der Waals surface area (Å²) in [5.74, 6) is 0.293. The molecule has 2 N–H and O–H groups in total. The molecule has 0 bridgehead atoms. The van der Waals surface area contributed by atoms with Gasteiger partial charge in [-0.1, -0.05) is 19.9 Å². The first-order chi connectivity index (χ1) is 12.3. The molecule has 0 saturated carbocycles. The van der Waals surface area contributed by atoms with E-state index in [0.717, 1.165) is 36.4 Å². The second-order valence-electron chi connectivity index (χ2n) is 7.81. The van der Waals surface area contributed by atoms with Gasteiger partial charge in [-0.3, -0.25) is 14.5 Å². The minimum atomic E-state index is -0.0156. The average Bonchev–Trinajstić information content (AvgIpc) is 2.99. The van der Waals surface area contributed by atoms with E-state index in [0.29, 0.717) is 24.9 Å². The van der Waals surface area contributed by atoms with Crippen LogP contribution in [0.1, 0.15) is 32.3 Å². The number of rotatable bonds is 7. The highest BCUT2D eigenvalue weighted by molar-refractivity contribution is 5.96. The van der Waals surface area contributed by atoms with Crippen molar-refractivity contribution in [2.75, 3.05) is 44.4 Å². The van der Waals surface area contributed by atoms with Crippen molar-refractivity contribution in [3.05, 3.63) is 23.8 Å². The normalized spacial score (nSPS) is 17.7. The molecule has 1 unspecified atom stereocenters. The summed E-state index contributed by atoms with van der Waals surface area (Å²) in [6.45, 7) is 8.21. The molecule has 1 atom stereocenters. The Morgan fingerprint density at radius 3 is 2.35 bits per heavy atom. The molecule has 1 fully saturated rings. The Balaban J connectivity index is 1.94. The van der Waals surface area contributed by atoms with Gasteiger partial charge in [0.1, 0.15) is 0 Å². The first kappa shape index (κ1) is 20.4. The van der Waals surface area contributed by atoms with Crippen molar-refractivity contribution >= 4 is 23.2 Å². The number of nitrogens with one attached hydrogen (secondary N) is 2. The molecule has 0 aromatic heterocycles. The number of anilines is 2. The summed E-state index contributed by atoms with van der Waals surface area (Å²) in [5.41, 5.74) is 2.38. The third-order valence-electron chi connectivity index (χ3n) is 4.82. The molecule has 0 spiro atoms. The highest BCUT2D eigenvalue weighted by Gasteiger charge is 2.25. The number of hydrogen-bond acceptors (Lipinski definition) is 4. The fourth-order valence-electron chi connectivity index (χ4n) is 3.25. The summed E-state index contributed by atoms with van der Waals surface area (Å²) < 4.78 is 0. The van der Waals surface area contributed by atoms with Crippen molar-refractivity contribution in [3.8, 4) is 0 Å². The van der Waals surface area contributed by atoms with Crippen molar-refractivity contribution in [1.82, 2.24) is 9.80 Å². The van der Waals surface area contributed by atoms with Gasteiger partial charge in [0, 0.05) is 36.9 Å². The molecule has 6 heteroatoms. The molecule has 1 heterocycles. The van der Waals surface area contributed by atoms with Gasteiger partial charge in [0.25, 0.3) is 0 Å². The van der Waals surface area contributed by atoms with Crippen molar-refractivity contribution in [2.45, 2.75) is 39.7 Å². The molecular weight excluding hydrogens is 328 g/mol. The lowest BCUT2D eigenvalue weighted by Gasteiger charge is -2.20. The van der Waals surface area contributed by atoms with Gasteiger partial charge in [0.15, 0.2) is 0 Å². The number of hydrogen-bond donors (Lipinski definition) is 2. The van der Waals surface area contributed by atoms with E-state index in [-0.39, 0.29) is 11.8 Å². The first-order valence-corrected chi connectivity index (χ1v) is 9.34. The first-order valence-electron chi connectivity index (χ1n) is 9.34. The van der Waals surface area contributed by atoms with Crippen molar-refractivity contribution in [3.63, 3.8) is 0 Å². The number of amides is 2. The smallest absolute Gasteiger partial charge is 0.238 e. The summed E-state index contributed by atoms with van der Waals surface area (Å²) in [4.78, 5) is 28.8. The highest BCUT2D eigenvalue weighted by Crippen LogP contribution is 2.24. The molecule has 1 saturated heterocycles. The van der Waals surface area contributed by atoms with E-state index in [1.165, 1.54) is 0 Å². The number of carbonyl (C=O) groups is 2. The third-order valence-corrected chi connectivity index (χ3v) is 4.82. The summed E-state index contributed by atoms with van der Waals surface area (Å²) in [6, 6.07) is 6.11. The highest BCUT2D eigenvalue weighted by atomic mass is 16.2. The lowest BCUT2D eigenvalue weighted by atomic mass is 10.1. The molecule has 1 aliphatic heterocycles. The van der Waals surface area contributed by atoms with Crippen LogP contribution in [0.5, 0.6) is 0 Å². The Morgan fingerprint density at radius 1 is 1.19 bits per heavy atom. The van der Waals surface area contributed by atoms with E-state index in [2.05, 4.69) is 34.5 Å². The summed E-state index contributed by atoms with van der Waals surface area (Å²) in [5, 5.41) is 5.93. The number of nitrogens with zero attached hydrogens (tertiary/aromatic N) is 2. The molecule has 0 aliphatic carbocycles. The van der Waals surface area contributed by atoms with E-state index < -0.39 is 0 Å². The van der Waals surface area contributed by atoms with Crippen LogP contribution in [0.3, 0.4) is 0 Å². The maximum Gasteiger partial charge on any atom is 0.238 e. The molecule has 26 heavy (non-hydrogen) atoms. The predicted octanol–water partition coefficient (Wildman–Crippen LogP) is 2.55. The van der Waals surface area contributed by atoms with Crippen LogP contribution in [-0.2, 0) is 9.59 Å². The molecular formula is C20H32N4O2. The molecule has 6 nitrogen and oxygen atoms in total. The number of likely N-dealkylation sites (N-methyl/N-ethyl adjacent to an activating group) is 1. The van der Waals surface area contributed by atoms with Gasteiger partial charge >= 0.3 is 0 Å². The fraction of sp³-hybridized carbons (Fsp3) is 0.600. The third kappa shape index (κ3) is 5.81. The molecule has 2 amide bonds. The SMILES string of the molecule is Cc1c(NC(=O)CC(C)C)cccc1NC(=O)CN1CCC(N(C)C)C1. The van der Waals surface area contributed by atoms with Crippen molar-refractivity contribution in [2.24, 2.45) is 5.92 Å². The number of likely N-dealkylation sites (tertiary alicyclic amines) is 1. The quantitative estimate of drug-likeness (QED) is 0.784. The molecule has 1 aromatic carbocycles. The monoisotopic (exact) mass is 360 g/mol. The van der Waals surface area contributed by atoms with Crippen molar-refractivity contribution in [1.29, 1.82) is 0 Å². The van der Waals surface area contributed by atoms with E-state index in [9.17, 15) is 9.59 Å². The molecule has 144 valence electrons. The summed E-state index contributed by atoms with van der Waals surface area (Å²) in [7, 11) is 4.16. The van der Waals surface area contributed by atoms with Crippen LogP contribution in [0.25, 0.3) is 0 Å². The van der Waals surface area contributed by atoms with Crippen LogP contribution in [0.15, 0.2) is 18.2 Å². The topological polar surface area (TPSA) is 64.7 Å². The van der Waals surface area contributed by atoms with Crippen molar-refractivity contribution < 1.29 is 9.59 Å². The lowest BCUT2D eigenvalue weighted by molar-refractivity contribution is -0.117. The van der Waals surface area contributed by atoms with Gasteiger partial charge in [0.2, 0.25) is 11.8 Å². The van der Waals surface area contributed by atoms with Gasteiger partial charge in [-0.2, -0.15) is 0 Å². The zero-order chi connectivity index (χ0) is 19.3. The van der Waals surface area contributed by atoms with E-state index in [4.69, 9.17) is 0 Å². The van der Waals surface area contributed by atoms with Crippen LogP contribution in [-0.4, -0.2) is 61.4 Å². The zero-order valence-electron chi connectivity index (χ0n) is 16.6. The zero-order valence-corrected chi connectivity index (χ0v) is 16.6. The second-order valence-corrected chi connectivity index (χ2v) is 7.81. The Bertz CT molecular complexity index is 643. The van der Waals surface area contributed by atoms with E-state index in [1.54, 1.807) is 0 Å². The van der Waals surface area contributed by atoms with Gasteiger partial charge in [-0.05, 0) is 51.1 Å². The lowest BCUT2D eigenvalue weighted by Crippen LogP contribution is -2.35. The molecule has 1 aromatic rings. The molecule has 2 rings (SSSR count). The summed E-state index contributed by atoms with van der Waals surface area (Å²) in [6.07, 6.45) is 1.58. The number of carbonyl (C=O) groups excluding carboxylic acids is 2. The Kier molecular flexibility index (Phi) is 7.17. The Labute approximate surface area is 156 Å². The summed E-state index contributed by atoms with van der Waals surface area (Å²) >= 11 is 0. The predicted molar refractivity (Wildman–Crippen MR) is 106 cm³/mol. The van der Waals surface area contributed by atoms with Gasteiger partial charge < -0.3 is 15.5 Å².